The Balaban J connectivity index is 1.68. The minimum Gasteiger partial charge on any atom is -0.492 e. The highest BCUT2D eigenvalue weighted by Crippen LogP contribution is 2.44. The van der Waals surface area contributed by atoms with Crippen molar-refractivity contribution in [3.63, 3.8) is 0 Å². The van der Waals surface area contributed by atoms with Crippen molar-refractivity contribution in [1.29, 1.82) is 0 Å². The van der Waals surface area contributed by atoms with Gasteiger partial charge in [-0.15, -0.1) is 0 Å². The van der Waals surface area contributed by atoms with Gasteiger partial charge in [0.2, 0.25) is 0 Å². The van der Waals surface area contributed by atoms with E-state index in [1.54, 1.807) is 24.5 Å². The zero-order valence-electron chi connectivity index (χ0n) is 19.4. The molecule has 3 N–H and O–H groups in total. The Hall–Kier alpha value is -3.85. The van der Waals surface area contributed by atoms with E-state index in [4.69, 9.17) is 14.2 Å². The topological polar surface area (TPSA) is 97.5 Å². The summed E-state index contributed by atoms with van der Waals surface area (Å²) >= 11 is 0. The Morgan fingerprint density at radius 3 is 3.03 bits per heavy atom. The zero-order chi connectivity index (χ0) is 24.2. The van der Waals surface area contributed by atoms with E-state index in [1.165, 1.54) is 13.2 Å². The Kier molecular flexibility index (Phi) is 6.67. The number of amides is 1. The third-order valence-corrected chi connectivity index (χ3v) is 6.19. The number of nitrogens with zero attached hydrogens (tertiary/aromatic N) is 1. The molecule has 0 saturated carbocycles. The molecular formula is C26H27FN4O4. The van der Waals surface area contributed by atoms with Crippen LogP contribution < -0.4 is 20.1 Å². The molecule has 8 nitrogen and oxygen atoms in total. The number of fused-ring (bicyclic) bond motifs is 3. The number of hydrogen-bond acceptors (Lipinski definition) is 6. The summed E-state index contributed by atoms with van der Waals surface area (Å²) in [5, 5.41) is 6.27. The summed E-state index contributed by atoms with van der Waals surface area (Å²) in [6, 6.07) is 6.46. The van der Waals surface area contributed by atoms with Gasteiger partial charge in [0.15, 0.2) is 11.6 Å². The van der Waals surface area contributed by atoms with E-state index in [0.717, 1.165) is 24.1 Å². The Morgan fingerprint density at radius 1 is 1.23 bits per heavy atom. The van der Waals surface area contributed by atoms with Gasteiger partial charge < -0.3 is 29.8 Å². The lowest BCUT2D eigenvalue weighted by Gasteiger charge is -2.24. The summed E-state index contributed by atoms with van der Waals surface area (Å²) in [5.74, 6) is -0.0465. The molecule has 1 unspecified atom stereocenters. The number of nitrogens with one attached hydrogen (secondary N) is 3. The average Bonchev–Trinajstić information content (AvgIpc) is 3.24. The lowest BCUT2D eigenvalue weighted by molar-refractivity contribution is 0.0932. The second kappa shape index (κ2) is 10.2. The number of H-pyrrole nitrogens is 1. The highest BCUT2D eigenvalue weighted by atomic mass is 19.1. The van der Waals surface area contributed by atoms with Gasteiger partial charge in [0.1, 0.15) is 5.75 Å². The number of methoxy groups -OCH3 is 1. The largest absolute Gasteiger partial charge is 0.492 e. The number of carbonyl (C=O) groups excluding carboxylic acids is 1. The van der Waals surface area contributed by atoms with E-state index in [1.807, 2.05) is 18.2 Å². The minimum absolute atomic E-state index is 0.0201. The number of para-hydroxylation sites is 1. The molecule has 182 valence electrons. The molecule has 0 spiro atoms. The third-order valence-electron chi connectivity index (χ3n) is 6.19. The van der Waals surface area contributed by atoms with E-state index in [-0.39, 0.29) is 17.6 Å². The minimum atomic E-state index is -0.502. The number of hydrogen-bond donors (Lipinski definition) is 3. The first-order valence-electron chi connectivity index (χ1n) is 11.6. The molecule has 2 aromatic heterocycles. The fourth-order valence-electron chi connectivity index (χ4n) is 4.49. The number of anilines is 2. The standard InChI is InChI=1S/C26H27FN4O4/c1-33-25-18(27)6-5-7-19(25)30-24-21-22-16(14-29-26(21)32)9-13-34-11-3-2-4-12-35-20-15-28-10-8-17(20)23(24)31-22/h2-3,5-8,10,15-16,30-31H,4,9,11-14H2,1H3,(H,29,32)/b3-2+. The van der Waals surface area contributed by atoms with Crippen LogP contribution in [0.2, 0.25) is 0 Å². The van der Waals surface area contributed by atoms with Gasteiger partial charge in [-0.05, 0) is 31.0 Å². The highest BCUT2D eigenvalue weighted by molar-refractivity contribution is 6.07. The molecule has 9 heteroatoms. The number of benzene rings is 1. The van der Waals surface area contributed by atoms with Crippen LogP contribution in [0.4, 0.5) is 15.8 Å². The van der Waals surface area contributed by atoms with Crippen LogP contribution in [-0.4, -0.2) is 49.4 Å². The van der Waals surface area contributed by atoms with Crippen LogP contribution in [0.15, 0.2) is 48.8 Å². The molecular weight excluding hydrogens is 451 g/mol. The second-order valence-corrected chi connectivity index (χ2v) is 8.36. The first-order valence-corrected chi connectivity index (χ1v) is 11.6. The Bertz CT molecular complexity index is 1260. The predicted molar refractivity (Wildman–Crippen MR) is 130 cm³/mol. The molecule has 0 saturated heterocycles. The summed E-state index contributed by atoms with van der Waals surface area (Å²) in [6.45, 7) is 2.02. The van der Waals surface area contributed by atoms with Crippen molar-refractivity contribution in [1.82, 2.24) is 15.3 Å². The molecule has 2 aliphatic heterocycles. The molecule has 2 bridgehead atoms. The van der Waals surface area contributed by atoms with Crippen molar-refractivity contribution in [3.8, 4) is 22.8 Å². The van der Waals surface area contributed by atoms with E-state index in [9.17, 15) is 9.18 Å². The van der Waals surface area contributed by atoms with Gasteiger partial charge in [-0.1, -0.05) is 18.2 Å². The molecule has 0 aliphatic carbocycles. The summed E-state index contributed by atoms with van der Waals surface area (Å²) in [6.07, 6.45) is 8.79. The number of pyridine rings is 1. The molecule has 1 atom stereocenters. The maximum absolute atomic E-state index is 14.5. The summed E-state index contributed by atoms with van der Waals surface area (Å²) in [7, 11) is 1.41. The maximum atomic E-state index is 14.5. The van der Waals surface area contributed by atoms with Crippen LogP contribution in [0, 0.1) is 5.82 Å². The van der Waals surface area contributed by atoms with E-state index in [0.29, 0.717) is 54.7 Å². The van der Waals surface area contributed by atoms with Crippen LogP contribution in [0.5, 0.6) is 11.5 Å². The van der Waals surface area contributed by atoms with Crippen LogP contribution in [0.1, 0.15) is 34.8 Å². The van der Waals surface area contributed by atoms with Crippen molar-refractivity contribution < 1.29 is 23.4 Å². The SMILES string of the molecule is COc1c(F)cccc1Nc1c2[nH]c3c1C(=O)NCC3CCOC/C=C/CCOc1cnccc1-2. The quantitative estimate of drug-likeness (QED) is 0.478. The van der Waals surface area contributed by atoms with Crippen molar-refractivity contribution in [2.45, 2.75) is 18.8 Å². The molecule has 5 rings (SSSR count). The van der Waals surface area contributed by atoms with Crippen molar-refractivity contribution in [2.24, 2.45) is 0 Å². The molecule has 0 fully saturated rings. The normalized spacial score (nSPS) is 18.8. The summed E-state index contributed by atoms with van der Waals surface area (Å²) < 4.78 is 31.6. The van der Waals surface area contributed by atoms with Crippen molar-refractivity contribution >= 4 is 17.3 Å². The molecule has 3 aromatic rings. The van der Waals surface area contributed by atoms with Gasteiger partial charge in [0.05, 0.1) is 49.2 Å². The van der Waals surface area contributed by atoms with E-state index < -0.39 is 5.82 Å². The fraction of sp³-hybridized carbons (Fsp3) is 0.308. The van der Waals surface area contributed by atoms with E-state index >= 15 is 0 Å². The van der Waals surface area contributed by atoms with Crippen LogP contribution in [0.3, 0.4) is 0 Å². The Labute approximate surface area is 202 Å². The summed E-state index contributed by atoms with van der Waals surface area (Å²) in [4.78, 5) is 20.9. The first-order chi connectivity index (χ1) is 17.2. The number of rotatable bonds is 3. The highest BCUT2D eigenvalue weighted by Gasteiger charge is 2.33. The third kappa shape index (κ3) is 4.59. The second-order valence-electron chi connectivity index (χ2n) is 8.36. The number of halogens is 1. The molecule has 2 aliphatic rings. The smallest absolute Gasteiger partial charge is 0.255 e. The maximum Gasteiger partial charge on any atom is 0.255 e. The van der Waals surface area contributed by atoms with Gasteiger partial charge in [0, 0.05) is 36.5 Å². The number of aromatic amines is 1. The molecule has 4 heterocycles. The van der Waals surface area contributed by atoms with E-state index in [2.05, 4.69) is 20.6 Å². The lowest BCUT2D eigenvalue weighted by atomic mass is 9.93. The van der Waals surface area contributed by atoms with Crippen LogP contribution >= 0.6 is 0 Å². The molecule has 1 amide bonds. The van der Waals surface area contributed by atoms with Gasteiger partial charge in [0.25, 0.3) is 5.91 Å². The van der Waals surface area contributed by atoms with Crippen LogP contribution in [-0.2, 0) is 4.74 Å². The Morgan fingerprint density at radius 2 is 2.14 bits per heavy atom. The number of aromatic nitrogens is 2. The first kappa shape index (κ1) is 22.9. The monoisotopic (exact) mass is 478 g/mol. The molecule has 35 heavy (non-hydrogen) atoms. The number of carbonyl (C=O) groups is 1. The zero-order valence-corrected chi connectivity index (χ0v) is 19.4. The van der Waals surface area contributed by atoms with Crippen LogP contribution in [0.25, 0.3) is 11.3 Å². The number of ether oxygens (including phenoxy) is 3. The van der Waals surface area contributed by atoms with Gasteiger partial charge >= 0.3 is 0 Å². The predicted octanol–water partition coefficient (Wildman–Crippen LogP) is 4.54. The van der Waals surface area contributed by atoms with Gasteiger partial charge in [-0.3, -0.25) is 9.78 Å². The van der Waals surface area contributed by atoms with Gasteiger partial charge in [-0.2, -0.15) is 0 Å². The van der Waals surface area contributed by atoms with Gasteiger partial charge in [-0.25, -0.2) is 4.39 Å². The molecule has 0 radical (unpaired) electrons. The van der Waals surface area contributed by atoms with Crippen molar-refractivity contribution in [2.75, 3.05) is 38.8 Å². The van der Waals surface area contributed by atoms with Crippen molar-refractivity contribution in [3.05, 3.63) is 65.9 Å². The lowest BCUT2D eigenvalue weighted by Crippen LogP contribution is -2.35. The average molecular weight is 479 g/mol. The fourth-order valence-corrected chi connectivity index (χ4v) is 4.49. The molecule has 1 aromatic carbocycles. The summed E-state index contributed by atoms with van der Waals surface area (Å²) in [5.41, 5.74) is 3.62.